The van der Waals surface area contributed by atoms with Gasteiger partial charge in [-0.3, -0.25) is 9.59 Å². The highest BCUT2D eigenvalue weighted by atomic mass is 16.7. The fourth-order valence-electron chi connectivity index (χ4n) is 2.16. The van der Waals surface area contributed by atoms with Crippen molar-refractivity contribution in [2.24, 2.45) is 5.92 Å². The average molecular weight is 291 g/mol. The molecule has 1 aliphatic rings. The SMILES string of the molecule is CCCCC(C)C(=O)NCC(=O)c1ccc2c(c1)OCO2. The number of nitrogens with one attached hydrogen (secondary N) is 1. The van der Waals surface area contributed by atoms with Gasteiger partial charge >= 0.3 is 0 Å². The first-order chi connectivity index (χ1) is 10.1. The Labute approximate surface area is 124 Å². The summed E-state index contributed by atoms with van der Waals surface area (Å²) in [6.45, 7) is 4.16. The minimum absolute atomic E-state index is 0.00887. The molecule has 1 unspecified atom stereocenters. The summed E-state index contributed by atoms with van der Waals surface area (Å²) in [5.41, 5.74) is 0.515. The van der Waals surface area contributed by atoms with Crippen LogP contribution in [0.5, 0.6) is 11.5 Å². The van der Waals surface area contributed by atoms with E-state index in [1.54, 1.807) is 18.2 Å². The van der Waals surface area contributed by atoms with Crippen LogP contribution < -0.4 is 14.8 Å². The minimum atomic E-state index is -0.135. The largest absolute Gasteiger partial charge is 0.454 e. The maximum atomic E-state index is 12.1. The van der Waals surface area contributed by atoms with Gasteiger partial charge < -0.3 is 14.8 Å². The number of hydrogen-bond acceptors (Lipinski definition) is 4. The number of amides is 1. The number of benzene rings is 1. The van der Waals surface area contributed by atoms with Crippen molar-refractivity contribution in [1.29, 1.82) is 0 Å². The first-order valence-corrected chi connectivity index (χ1v) is 7.32. The van der Waals surface area contributed by atoms with Gasteiger partial charge in [-0.15, -0.1) is 0 Å². The number of hydrogen-bond donors (Lipinski definition) is 1. The third-order valence-corrected chi connectivity index (χ3v) is 3.56. The van der Waals surface area contributed by atoms with E-state index in [0.717, 1.165) is 19.3 Å². The van der Waals surface area contributed by atoms with Gasteiger partial charge in [0.15, 0.2) is 17.3 Å². The van der Waals surface area contributed by atoms with Crippen molar-refractivity contribution in [2.45, 2.75) is 33.1 Å². The number of carbonyl (C=O) groups is 2. The van der Waals surface area contributed by atoms with Gasteiger partial charge in [-0.25, -0.2) is 0 Å². The summed E-state index contributed by atoms with van der Waals surface area (Å²) in [5.74, 6) is 0.948. The highest BCUT2D eigenvalue weighted by Crippen LogP contribution is 2.32. The summed E-state index contributed by atoms with van der Waals surface area (Å²) in [7, 11) is 0. The highest BCUT2D eigenvalue weighted by molar-refractivity contribution is 6.00. The molecule has 1 aromatic rings. The van der Waals surface area contributed by atoms with Gasteiger partial charge in [-0.1, -0.05) is 26.7 Å². The number of ketones is 1. The quantitative estimate of drug-likeness (QED) is 0.784. The molecule has 2 rings (SSSR count). The normalized spacial score (nSPS) is 13.8. The van der Waals surface area contributed by atoms with Crippen molar-refractivity contribution in [3.8, 4) is 11.5 Å². The molecule has 0 radical (unpaired) electrons. The fourth-order valence-corrected chi connectivity index (χ4v) is 2.16. The molecule has 1 amide bonds. The molecule has 0 fully saturated rings. The van der Waals surface area contributed by atoms with Gasteiger partial charge in [0, 0.05) is 11.5 Å². The summed E-state index contributed by atoms with van der Waals surface area (Å²) in [6.07, 6.45) is 2.93. The van der Waals surface area contributed by atoms with Gasteiger partial charge in [-0.2, -0.15) is 0 Å². The fraction of sp³-hybridized carbons (Fsp3) is 0.500. The van der Waals surface area contributed by atoms with Crippen molar-refractivity contribution < 1.29 is 19.1 Å². The maximum absolute atomic E-state index is 12.1. The lowest BCUT2D eigenvalue weighted by Crippen LogP contribution is -2.33. The van der Waals surface area contributed by atoms with Crippen molar-refractivity contribution in [3.63, 3.8) is 0 Å². The Bertz CT molecular complexity index is 527. The van der Waals surface area contributed by atoms with Crippen molar-refractivity contribution >= 4 is 11.7 Å². The Morgan fingerprint density at radius 1 is 1.29 bits per heavy atom. The van der Waals surface area contributed by atoms with E-state index in [2.05, 4.69) is 12.2 Å². The predicted molar refractivity (Wildman–Crippen MR) is 78.6 cm³/mol. The molecule has 0 bridgehead atoms. The van der Waals surface area contributed by atoms with E-state index >= 15 is 0 Å². The lowest BCUT2D eigenvalue weighted by Gasteiger charge is -2.11. The molecule has 5 nitrogen and oxygen atoms in total. The molecule has 0 spiro atoms. The van der Waals surface area contributed by atoms with Gasteiger partial charge in [0.2, 0.25) is 12.7 Å². The lowest BCUT2D eigenvalue weighted by atomic mass is 10.0. The molecule has 0 saturated heterocycles. The molecule has 1 atom stereocenters. The molecule has 5 heteroatoms. The maximum Gasteiger partial charge on any atom is 0.231 e. The van der Waals surface area contributed by atoms with Gasteiger partial charge in [-0.05, 0) is 24.6 Å². The van der Waals surface area contributed by atoms with Crippen LogP contribution in [0.3, 0.4) is 0 Å². The predicted octanol–water partition coefficient (Wildman–Crippen LogP) is 2.54. The second-order valence-corrected chi connectivity index (χ2v) is 5.25. The monoisotopic (exact) mass is 291 g/mol. The Balaban J connectivity index is 1.86. The van der Waals surface area contributed by atoms with Crippen molar-refractivity contribution in [3.05, 3.63) is 23.8 Å². The van der Waals surface area contributed by atoms with E-state index < -0.39 is 0 Å². The van der Waals surface area contributed by atoms with Crippen molar-refractivity contribution in [2.75, 3.05) is 13.3 Å². The average Bonchev–Trinajstić information content (AvgIpc) is 2.97. The second kappa shape index (κ2) is 7.11. The molecular formula is C16H21NO4. The summed E-state index contributed by atoms with van der Waals surface area (Å²) < 4.78 is 10.4. The Morgan fingerprint density at radius 2 is 2.05 bits per heavy atom. The van der Waals surface area contributed by atoms with E-state index in [4.69, 9.17) is 9.47 Å². The van der Waals surface area contributed by atoms with Crippen LogP contribution in [0.4, 0.5) is 0 Å². The molecule has 0 aromatic heterocycles. The number of unbranched alkanes of at least 4 members (excludes halogenated alkanes) is 1. The summed E-state index contributed by atoms with van der Waals surface area (Å²) in [4.78, 5) is 23.9. The number of Topliss-reactive ketones (excluding diaryl/α,β-unsaturated/α-hetero) is 1. The summed E-state index contributed by atoms with van der Waals surface area (Å²) >= 11 is 0. The van der Waals surface area contributed by atoms with Gasteiger partial charge in [0.05, 0.1) is 6.54 Å². The first kappa shape index (κ1) is 15.4. The van der Waals surface area contributed by atoms with E-state index in [1.807, 2.05) is 6.92 Å². The number of rotatable bonds is 7. The number of fused-ring (bicyclic) bond motifs is 1. The van der Waals surface area contributed by atoms with Crippen LogP contribution in [-0.2, 0) is 4.79 Å². The molecule has 1 N–H and O–H groups in total. The van der Waals surface area contributed by atoms with Crippen LogP contribution >= 0.6 is 0 Å². The van der Waals surface area contributed by atoms with Crippen LogP contribution in [0.15, 0.2) is 18.2 Å². The molecule has 0 aliphatic carbocycles. The van der Waals surface area contributed by atoms with Crippen LogP contribution in [0.25, 0.3) is 0 Å². The molecule has 1 aliphatic heterocycles. The minimum Gasteiger partial charge on any atom is -0.454 e. The molecule has 0 saturated carbocycles. The molecular weight excluding hydrogens is 270 g/mol. The Morgan fingerprint density at radius 3 is 2.81 bits per heavy atom. The van der Waals surface area contributed by atoms with Crippen molar-refractivity contribution in [1.82, 2.24) is 5.32 Å². The summed E-state index contributed by atoms with van der Waals surface area (Å²) in [6, 6.07) is 5.04. The first-order valence-electron chi connectivity index (χ1n) is 7.32. The zero-order valence-corrected chi connectivity index (χ0v) is 12.5. The third-order valence-electron chi connectivity index (χ3n) is 3.56. The van der Waals surface area contributed by atoms with Gasteiger partial charge in [0.25, 0.3) is 0 Å². The van der Waals surface area contributed by atoms with E-state index in [1.165, 1.54) is 0 Å². The highest BCUT2D eigenvalue weighted by Gasteiger charge is 2.17. The van der Waals surface area contributed by atoms with Gasteiger partial charge in [0.1, 0.15) is 0 Å². The van der Waals surface area contributed by atoms with E-state index in [-0.39, 0.29) is 30.9 Å². The standard InChI is InChI=1S/C16H21NO4/c1-3-4-5-11(2)16(19)17-9-13(18)12-6-7-14-15(8-12)21-10-20-14/h6-8,11H,3-5,9-10H2,1-2H3,(H,17,19). The summed E-state index contributed by atoms with van der Waals surface area (Å²) in [5, 5.41) is 2.70. The Hall–Kier alpha value is -2.04. The number of carbonyl (C=O) groups excluding carboxylic acids is 2. The molecule has 21 heavy (non-hydrogen) atoms. The topological polar surface area (TPSA) is 64.6 Å². The Kier molecular flexibility index (Phi) is 5.20. The molecule has 114 valence electrons. The smallest absolute Gasteiger partial charge is 0.231 e. The van der Waals surface area contributed by atoms with Crippen LogP contribution in [-0.4, -0.2) is 25.0 Å². The molecule has 1 aromatic carbocycles. The van der Waals surface area contributed by atoms with Crippen LogP contribution in [0, 0.1) is 5.92 Å². The lowest BCUT2D eigenvalue weighted by molar-refractivity contribution is -0.124. The van der Waals surface area contributed by atoms with E-state index in [0.29, 0.717) is 17.1 Å². The third kappa shape index (κ3) is 3.97. The van der Waals surface area contributed by atoms with E-state index in [9.17, 15) is 9.59 Å². The van der Waals surface area contributed by atoms with Crippen LogP contribution in [0.1, 0.15) is 43.5 Å². The van der Waals surface area contributed by atoms with Crippen LogP contribution in [0.2, 0.25) is 0 Å². The number of ether oxygens (including phenoxy) is 2. The zero-order chi connectivity index (χ0) is 15.2. The molecule has 1 heterocycles. The zero-order valence-electron chi connectivity index (χ0n) is 12.5. The second-order valence-electron chi connectivity index (χ2n) is 5.25.